The standard InChI is InChI=1S/CHCl3O3S.Li.H/c2-1(3,4)8(5,6)7;;/h(H,5,6,7);;/q;+1;-1. The molecule has 0 amide bonds. The Hall–Kier alpha value is 1.38. The fourth-order valence-electron chi connectivity index (χ4n) is 0. The first-order valence-electron chi connectivity index (χ1n) is 1.29. The van der Waals surface area contributed by atoms with E-state index in [9.17, 15) is 8.42 Å². The van der Waals surface area contributed by atoms with Crippen molar-refractivity contribution >= 4 is 44.9 Å². The predicted octanol–water partition coefficient (Wildman–Crippen LogP) is -1.68. The maximum Gasteiger partial charge on any atom is 1.00 e. The Balaban J connectivity index is -0.000000245. The predicted molar refractivity (Wildman–Crippen MR) is 33.0 cm³/mol. The molecule has 0 atom stereocenters. The van der Waals surface area contributed by atoms with Gasteiger partial charge in [-0.05, 0) is 0 Å². The van der Waals surface area contributed by atoms with Gasteiger partial charge in [-0.1, -0.05) is 34.8 Å². The van der Waals surface area contributed by atoms with Crippen LogP contribution in [0.2, 0.25) is 0 Å². The van der Waals surface area contributed by atoms with Crippen molar-refractivity contribution < 1.29 is 33.3 Å². The van der Waals surface area contributed by atoms with E-state index in [-0.39, 0.29) is 20.3 Å². The summed E-state index contributed by atoms with van der Waals surface area (Å²) in [7, 11) is -4.54. The third-order valence-corrected chi connectivity index (χ3v) is 2.63. The minimum Gasteiger partial charge on any atom is -1.00 e. The van der Waals surface area contributed by atoms with Crippen molar-refractivity contribution in [1.29, 1.82) is 0 Å². The van der Waals surface area contributed by atoms with Crippen LogP contribution in [0, 0.1) is 0 Å². The quantitative estimate of drug-likeness (QED) is 0.293. The molecule has 0 aromatic carbocycles. The van der Waals surface area contributed by atoms with Crippen molar-refractivity contribution in [3.05, 3.63) is 0 Å². The number of rotatable bonds is 0. The molecule has 0 aliphatic carbocycles. The number of halogens is 3. The van der Waals surface area contributed by atoms with Crippen molar-refractivity contribution in [2.45, 2.75) is 3.12 Å². The van der Waals surface area contributed by atoms with Crippen molar-refractivity contribution in [3.8, 4) is 0 Å². The summed E-state index contributed by atoms with van der Waals surface area (Å²) in [5, 5.41) is 0. The smallest absolute Gasteiger partial charge is 1.00 e. The minimum absolute atomic E-state index is 0. The molecule has 0 rings (SSSR count). The molecule has 0 aliphatic heterocycles. The molecule has 0 aromatic heterocycles. The van der Waals surface area contributed by atoms with Crippen LogP contribution in [0.25, 0.3) is 0 Å². The summed E-state index contributed by atoms with van der Waals surface area (Å²) in [4.78, 5) is 0. The molecule has 0 spiro atoms. The summed E-state index contributed by atoms with van der Waals surface area (Å²) in [5.41, 5.74) is 0. The van der Waals surface area contributed by atoms with Gasteiger partial charge in [-0.3, -0.25) is 4.55 Å². The first-order valence-corrected chi connectivity index (χ1v) is 3.86. The molecule has 0 unspecified atom stereocenters. The molecule has 0 saturated heterocycles. The Morgan fingerprint density at radius 2 is 1.44 bits per heavy atom. The molecule has 0 saturated carbocycles. The summed E-state index contributed by atoms with van der Waals surface area (Å²) in [6, 6.07) is 0. The van der Waals surface area contributed by atoms with Gasteiger partial charge in [0.25, 0.3) is 0 Å². The van der Waals surface area contributed by atoms with E-state index in [4.69, 9.17) is 39.4 Å². The van der Waals surface area contributed by atoms with Gasteiger partial charge in [-0.15, -0.1) is 0 Å². The van der Waals surface area contributed by atoms with Crippen LogP contribution in [0.15, 0.2) is 0 Å². The van der Waals surface area contributed by atoms with Crippen LogP contribution < -0.4 is 18.9 Å². The summed E-state index contributed by atoms with van der Waals surface area (Å²) in [5.74, 6) is 0. The number of hydrogen-bond donors (Lipinski definition) is 1. The molecule has 3 nitrogen and oxygen atoms in total. The summed E-state index contributed by atoms with van der Waals surface area (Å²) in [6.45, 7) is 0. The van der Waals surface area contributed by atoms with Gasteiger partial charge in [0.05, 0.1) is 0 Å². The fourth-order valence-corrected chi connectivity index (χ4v) is 0. The van der Waals surface area contributed by atoms with Crippen molar-refractivity contribution in [2.75, 3.05) is 0 Å². The number of alkyl halides is 3. The van der Waals surface area contributed by atoms with Crippen LogP contribution in [0.5, 0.6) is 0 Å². The van der Waals surface area contributed by atoms with Crippen molar-refractivity contribution in [3.63, 3.8) is 0 Å². The molecule has 0 fully saturated rings. The van der Waals surface area contributed by atoms with Crippen LogP contribution in [0.1, 0.15) is 1.43 Å². The second kappa shape index (κ2) is 3.68. The van der Waals surface area contributed by atoms with Gasteiger partial charge in [0.15, 0.2) is 0 Å². The normalized spacial score (nSPS) is 12.4. The molecule has 0 heterocycles. The van der Waals surface area contributed by atoms with Crippen LogP contribution in [0.3, 0.4) is 0 Å². The van der Waals surface area contributed by atoms with E-state index in [0.29, 0.717) is 0 Å². The Morgan fingerprint density at radius 3 is 1.44 bits per heavy atom. The first kappa shape index (κ1) is 13.0. The Bertz CT molecular complexity index is 173. The van der Waals surface area contributed by atoms with E-state index in [1.54, 1.807) is 0 Å². The van der Waals surface area contributed by atoms with Crippen LogP contribution >= 0.6 is 34.8 Å². The van der Waals surface area contributed by atoms with Crippen LogP contribution in [-0.2, 0) is 10.1 Å². The molecule has 0 bridgehead atoms. The van der Waals surface area contributed by atoms with E-state index in [2.05, 4.69) is 0 Å². The Morgan fingerprint density at radius 1 is 1.33 bits per heavy atom. The molecule has 8 heteroatoms. The SMILES string of the molecule is O=S(=O)(O)C(Cl)(Cl)Cl.[H-].[Li+]. The van der Waals surface area contributed by atoms with Gasteiger partial charge in [-0.2, -0.15) is 8.42 Å². The molecule has 1 N–H and O–H groups in total. The van der Waals surface area contributed by atoms with E-state index in [1.807, 2.05) is 0 Å². The van der Waals surface area contributed by atoms with Gasteiger partial charge >= 0.3 is 32.1 Å². The zero-order chi connectivity index (χ0) is 7.00. The second-order valence-electron chi connectivity index (χ2n) is 0.921. The molecule has 0 aliphatic rings. The molecule has 0 radical (unpaired) electrons. The van der Waals surface area contributed by atoms with E-state index in [0.717, 1.165) is 0 Å². The Labute approximate surface area is 81.1 Å². The molecular weight excluding hydrogens is 205 g/mol. The molecule has 9 heavy (non-hydrogen) atoms. The fraction of sp³-hybridized carbons (Fsp3) is 1.00. The van der Waals surface area contributed by atoms with Gasteiger partial charge in [0.2, 0.25) is 0 Å². The summed E-state index contributed by atoms with van der Waals surface area (Å²) >= 11 is 14.1. The average Bonchev–Trinajstić information content (AvgIpc) is 1.25. The van der Waals surface area contributed by atoms with Gasteiger partial charge in [0, 0.05) is 0 Å². The maximum atomic E-state index is 9.81. The third-order valence-electron chi connectivity index (χ3n) is 0.292. The molecule has 0 aromatic rings. The molecular formula is CH2Cl3LiO3S. The average molecular weight is 207 g/mol. The van der Waals surface area contributed by atoms with Crippen molar-refractivity contribution in [1.82, 2.24) is 0 Å². The summed E-state index contributed by atoms with van der Waals surface area (Å²) in [6.07, 6.45) is 0. The van der Waals surface area contributed by atoms with E-state index >= 15 is 0 Å². The zero-order valence-corrected chi connectivity index (χ0v) is 7.39. The van der Waals surface area contributed by atoms with Gasteiger partial charge in [-0.25, -0.2) is 0 Å². The largest absolute Gasteiger partial charge is 1.00 e. The molecule has 52 valence electrons. The maximum absolute atomic E-state index is 9.81. The second-order valence-corrected chi connectivity index (χ2v) is 5.44. The topological polar surface area (TPSA) is 54.4 Å². The zero-order valence-electron chi connectivity index (χ0n) is 5.31. The Kier molecular flexibility index (Phi) is 5.31. The van der Waals surface area contributed by atoms with Gasteiger partial charge < -0.3 is 1.43 Å². The monoisotopic (exact) mass is 206 g/mol. The van der Waals surface area contributed by atoms with Gasteiger partial charge in [0.1, 0.15) is 0 Å². The van der Waals surface area contributed by atoms with Crippen molar-refractivity contribution in [2.24, 2.45) is 0 Å². The summed E-state index contributed by atoms with van der Waals surface area (Å²) < 4.78 is 24.9. The van der Waals surface area contributed by atoms with Crippen LogP contribution in [0.4, 0.5) is 0 Å². The van der Waals surface area contributed by atoms with E-state index < -0.39 is 13.2 Å². The van der Waals surface area contributed by atoms with E-state index in [1.165, 1.54) is 0 Å². The minimum atomic E-state index is -4.54. The first-order chi connectivity index (χ1) is 3.25. The third kappa shape index (κ3) is 4.74. The number of hydrogen-bond acceptors (Lipinski definition) is 2. The van der Waals surface area contributed by atoms with Crippen LogP contribution in [-0.4, -0.2) is 16.1 Å².